The predicted octanol–water partition coefficient (Wildman–Crippen LogP) is 1.88. The monoisotopic (exact) mass is 341 g/mol. The van der Waals surface area contributed by atoms with E-state index in [1.54, 1.807) is 0 Å². The van der Waals surface area contributed by atoms with E-state index < -0.39 is 23.9 Å². The summed E-state index contributed by atoms with van der Waals surface area (Å²) in [7, 11) is 0. The predicted molar refractivity (Wildman–Crippen MR) is 60.7 cm³/mol. The highest BCUT2D eigenvalue weighted by Crippen LogP contribution is 2.46. The van der Waals surface area contributed by atoms with Crippen LogP contribution >= 0.6 is 0 Å². The number of para-hydroxylation sites is 2. The Morgan fingerprint density at radius 2 is 1.65 bits per heavy atom. The number of benzene rings is 1. The van der Waals surface area contributed by atoms with E-state index in [0.29, 0.717) is 4.68 Å². The third kappa shape index (κ3) is 2.78. The van der Waals surface area contributed by atoms with Gasteiger partial charge in [0.25, 0.3) is 5.52 Å². The summed E-state index contributed by atoms with van der Waals surface area (Å²) in [5.74, 6) is -15.5. The molecule has 0 saturated carbocycles. The number of aromatic nitrogens is 2. The molecule has 1 aromatic carbocycles. The summed E-state index contributed by atoms with van der Waals surface area (Å²) in [6.07, 6.45) is -4.73. The van der Waals surface area contributed by atoms with Crippen LogP contribution in [0.1, 0.15) is 0 Å². The van der Waals surface area contributed by atoms with Crippen molar-refractivity contribution in [2.45, 2.75) is 18.0 Å². The lowest BCUT2D eigenvalue weighted by molar-refractivity contribution is -0.656. The maximum Gasteiger partial charge on any atom is 0.460 e. The number of rotatable bonds is 3. The van der Waals surface area contributed by atoms with Gasteiger partial charge in [-0.15, -0.1) is 0 Å². The molecule has 0 radical (unpaired) electrons. The Balaban J connectivity index is 2.54. The molecule has 0 aliphatic heterocycles. The molecule has 2 aromatic rings. The highest BCUT2D eigenvalue weighted by Gasteiger charge is 2.73. The van der Waals surface area contributed by atoms with Crippen LogP contribution in [0.25, 0.3) is 11.0 Å². The van der Waals surface area contributed by atoms with E-state index in [2.05, 4.69) is 10.1 Å². The molecule has 0 aliphatic carbocycles. The van der Waals surface area contributed by atoms with Gasteiger partial charge in [0.05, 0.1) is 6.20 Å². The molecule has 0 atom stereocenters. The minimum Gasteiger partial charge on any atom is -0.853 e. The van der Waals surface area contributed by atoms with Gasteiger partial charge < -0.3 is 5.11 Å². The quantitative estimate of drug-likeness (QED) is 0.370. The van der Waals surface area contributed by atoms with Crippen molar-refractivity contribution in [2.24, 2.45) is 5.10 Å². The van der Waals surface area contributed by atoms with Crippen molar-refractivity contribution in [1.82, 2.24) is 4.98 Å². The number of fused-ring (bicyclic) bond motifs is 1. The van der Waals surface area contributed by atoms with Gasteiger partial charge >= 0.3 is 18.0 Å². The number of halogens is 7. The van der Waals surface area contributed by atoms with Crippen LogP contribution in [-0.2, 0) is 0 Å². The van der Waals surface area contributed by atoms with Gasteiger partial charge in [0.15, 0.2) is 0 Å². The van der Waals surface area contributed by atoms with Gasteiger partial charge in [-0.2, -0.15) is 30.7 Å². The summed E-state index contributed by atoms with van der Waals surface area (Å²) < 4.78 is 88.6. The SMILES string of the molecule is [O-]/C(=N/[n+]1ccnc2ccccc21)C(F)(F)C(F)(F)C(F)(F)F. The summed E-state index contributed by atoms with van der Waals surface area (Å²) in [6, 6.07) is 5.57. The minimum absolute atomic E-state index is 0.0329. The van der Waals surface area contributed by atoms with Crippen molar-refractivity contribution in [1.29, 1.82) is 0 Å². The molecule has 2 rings (SSSR count). The molecule has 0 unspecified atom stereocenters. The molecule has 1 aromatic heterocycles. The first-order chi connectivity index (χ1) is 10.5. The molecule has 0 fully saturated rings. The van der Waals surface area contributed by atoms with Crippen molar-refractivity contribution in [3.05, 3.63) is 36.7 Å². The van der Waals surface area contributed by atoms with Crippen molar-refractivity contribution >= 4 is 16.9 Å². The molecule has 0 amide bonds. The molecule has 11 heteroatoms. The lowest BCUT2D eigenvalue weighted by atomic mass is 10.1. The van der Waals surface area contributed by atoms with Gasteiger partial charge in [0, 0.05) is 6.07 Å². The van der Waals surface area contributed by atoms with Crippen molar-refractivity contribution in [3.63, 3.8) is 0 Å². The summed E-state index contributed by atoms with van der Waals surface area (Å²) in [5.41, 5.74) is 0.131. The second-order valence-electron chi connectivity index (χ2n) is 4.31. The second-order valence-corrected chi connectivity index (χ2v) is 4.31. The maximum absolute atomic E-state index is 13.2. The van der Waals surface area contributed by atoms with Crippen LogP contribution in [0.2, 0.25) is 0 Å². The Morgan fingerprint density at radius 1 is 1.04 bits per heavy atom. The molecule has 0 spiro atoms. The van der Waals surface area contributed by atoms with Gasteiger partial charge in [-0.25, -0.2) is 4.98 Å². The fourth-order valence-corrected chi connectivity index (χ4v) is 1.58. The van der Waals surface area contributed by atoms with Crippen LogP contribution in [0.15, 0.2) is 41.8 Å². The second kappa shape index (κ2) is 5.32. The van der Waals surface area contributed by atoms with E-state index in [4.69, 9.17) is 0 Å². The van der Waals surface area contributed by atoms with Crippen LogP contribution in [0.5, 0.6) is 0 Å². The first kappa shape index (κ1) is 16.9. The number of hydrogen-bond acceptors (Lipinski definition) is 3. The van der Waals surface area contributed by atoms with E-state index in [0.717, 1.165) is 12.4 Å². The van der Waals surface area contributed by atoms with Crippen LogP contribution in [-0.4, -0.2) is 28.9 Å². The molecule has 4 nitrogen and oxygen atoms in total. The summed E-state index contributed by atoms with van der Waals surface area (Å²) in [4.78, 5) is 3.79. The van der Waals surface area contributed by atoms with E-state index in [-0.39, 0.29) is 11.0 Å². The number of nitrogens with zero attached hydrogens (tertiary/aromatic N) is 3. The maximum atomic E-state index is 13.2. The Kier molecular flexibility index (Phi) is 3.91. The van der Waals surface area contributed by atoms with Crippen LogP contribution in [0.3, 0.4) is 0 Å². The Bertz CT molecular complexity index is 752. The normalized spacial score (nSPS) is 14.3. The van der Waals surface area contributed by atoms with Gasteiger partial charge in [-0.3, -0.25) is 0 Å². The average Bonchev–Trinajstić information content (AvgIpc) is 2.46. The zero-order chi connectivity index (χ0) is 17.5. The van der Waals surface area contributed by atoms with Gasteiger partial charge in [0.2, 0.25) is 6.20 Å². The lowest BCUT2D eigenvalue weighted by Crippen LogP contribution is -2.60. The van der Waals surface area contributed by atoms with Crippen LogP contribution < -0.4 is 9.78 Å². The molecule has 0 N–H and O–H groups in total. The van der Waals surface area contributed by atoms with Crippen LogP contribution in [0, 0.1) is 0 Å². The van der Waals surface area contributed by atoms with Crippen molar-refractivity contribution in [2.75, 3.05) is 0 Å². The first-order valence-corrected chi connectivity index (χ1v) is 5.82. The van der Waals surface area contributed by atoms with E-state index in [1.807, 2.05) is 0 Å². The highest BCUT2D eigenvalue weighted by molar-refractivity contribution is 5.80. The van der Waals surface area contributed by atoms with Gasteiger partial charge in [-0.1, -0.05) is 12.1 Å². The first-order valence-electron chi connectivity index (χ1n) is 5.82. The fourth-order valence-electron chi connectivity index (χ4n) is 1.58. The van der Waals surface area contributed by atoms with E-state index >= 15 is 0 Å². The van der Waals surface area contributed by atoms with Crippen molar-refractivity contribution in [3.8, 4) is 0 Å². The number of alkyl halides is 7. The fraction of sp³-hybridized carbons (Fsp3) is 0.250. The molecular weight excluding hydrogens is 335 g/mol. The van der Waals surface area contributed by atoms with E-state index in [1.165, 1.54) is 24.3 Å². The largest absolute Gasteiger partial charge is 0.853 e. The third-order valence-electron chi connectivity index (χ3n) is 2.77. The topological polar surface area (TPSA) is 52.2 Å². The molecule has 0 bridgehead atoms. The summed E-state index contributed by atoms with van der Waals surface area (Å²) >= 11 is 0. The molecule has 23 heavy (non-hydrogen) atoms. The molecule has 1 heterocycles. The lowest BCUT2D eigenvalue weighted by Gasteiger charge is -2.29. The van der Waals surface area contributed by atoms with Gasteiger partial charge in [0.1, 0.15) is 11.4 Å². The van der Waals surface area contributed by atoms with Crippen LogP contribution in [0.4, 0.5) is 30.7 Å². The van der Waals surface area contributed by atoms with E-state index in [9.17, 15) is 35.8 Å². The smallest absolute Gasteiger partial charge is 0.460 e. The van der Waals surface area contributed by atoms with Crippen molar-refractivity contribution < 1.29 is 40.5 Å². The van der Waals surface area contributed by atoms with Gasteiger partial charge in [-0.05, 0) is 15.8 Å². The Hall–Kier alpha value is -2.46. The zero-order valence-electron chi connectivity index (χ0n) is 10.9. The Labute approximate surface area is 123 Å². The summed E-state index contributed by atoms with van der Waals surface area (Å²) in [6.45, 7) is 0. The number of hydrogen-bond donors (Lipinski definition) is 0. The Morgan fingerprint density at radius 3 is 2.26 bits per heavy atom. The molecular formula is C12H6F7N3O. The zero-order valence-corrected chi connectivity index (χ0v) is 10.9. The summed E-state index contributed by atoms with van der Waals surface area (Å²) in [5, 5.41) is 13.9. The molecule has 124 valence electrons. The standard InChI is InChI=1S/C12H6F7N3O/c13-10(14,11(15,16)12(17,18)19)9(23)21-22-6-5-20-7-3-1-2-4-8(7)22/h1-6H. The average molecular weight is 341 g/mol. The minimum atomic E-state index is -6.60. The molecule has 0 aliphatic rings. The third-order valence-corrected chi connectivity index (χ3v) is 2.77. The highest BCUT2D eigenvalue weighted by atomic mass is 19.4. The molecule has 0 saturated heterocycles.